The molecular weight excluding hydrogens is 288 g/mol. The van der Waals surface area contributed by atoms with Crippen LogP contribution in [0.15, 0.2) is 18.3 Å². The molecule has 9 heteroatoms. The van der Waals surface area contributed by atoms with Gasteiger partial charge in [-0.15, -0.1) is 0 Å². The van der Waals surface area contributed by atoms with E-state index in [4.69, 9.17) is 4.74 Å². The molecule has 2 aromatic heterocycles. The van der Waals surface area contributed by atoms with Crippen LogP contribution in [0.5, 0.6) is 0 Å². The number of aromatic nitrogens is 3. The Labute approximate surface area is 127 Å². The van der Waals surface area contributed by atoms with Gasteiger partial charge in [0.2, 0.25) is 5.65 Å². The van der Waals surface area contributed by atoms with Crippen molar-refractivity contribution in [1.82, 2.24) is 19.5 Å². The number of ether oxygens (including phenoxy) is 1. The highest BCUT2D eigenvalue weighted by Gasteiger charge is 2.21. The molecule has 0 bridgehead atoms. The van der Waals surface area contributed by atoms with Gasteiger partial charge in [0, 0.05) is 45.9 Å². The quantitative estimate of drug-likeness (QED) is 0.583. The van der Waals surface area contributed by atoms with Gasteiger partial charge in [0.05, 0.1) is 6.61 Å². The molecule has 1 aliphatic rings. The van der Waals surface area contributed by atoms with E-state index in [1.807, 2.05) is 6.07 Å². The lowest BCUT2D eigenvalue weighted by atomic mass is 10.3. The van der Waals surface area contributed by atoms with Crippen molar-refractivity contribution < 1.29 is 9.66 Å². The molecule has 22 heavy (non-hydrogen) atoms. The molecule has 0 saturated carbocycles. The van der Waals surface area contributed by atoms with E-state index in [9.17, 15) is 10.1 Å². The number of rotatable bonds is 5. The summed E-state index contributed by atoms with van der Waals surface area (Å²) >= 11 is 0. The van der Waals surface area contributed by atoms with Crippen LogP contribution in [0.3, 0.4) is 0 Å². The molecule has 0 spiro atoms. The monoisotopic (exact) mass is 306 g/mol. The average molecular weight is 306 g/mol. The summed E-state index contributed by atoms with van der Waals surface area (Å²) < 4.78 is 6.37. The molecule has 0 aliphatic carbocycles. The van der Waals surface area contributed by atoms with E-state index in [2.05, 4.69) is 19.9 Å². The Morgan fingerprint density at radius 2 is 2.09 bits per heavy atom. The third kappa shape index (κ3) is 2.85. The molecule has 1 aliphatic heterocycles. The molecule has 3 heterocycles. The van der Waals surface area contributed by atoms with Gasteiger partial charge < -0.3 is 19.8 Å². The van der Waals surface area contributed by atoms with Gasteiger partial charge in [-0.05, 0) is 11.0 Å². The van der Waals surface area contributed by atoms with Crippen molar-refractivity contribution in [1.29, 1.82) is 0 Å². The summed E-state index contributed by atoms with van der Waals surface area (Å²) in [5, 5.41) is 15.3. The van der Waals surface area contributed by atoms with Crippen LogP contribution in [0.1, 0.15) is 0 Å². The summed E-state index contributed by atoms with van der Waals surface area (Å²) in [5.74, 6) is 0.621. The van der Waals surface area contributed by atoms with E-state index >= 15 is 0 Å². The number of hydrogen-bond acceptors (Lipinski definition) is 7. The lowest BCUT2D eigenvalue weighted by molar-refractivity contribution is -0.391. The van der Waals surface area contributed by atoms with Crippen LogP contribution in [0.25, 0.3) is 5.65 Å². The van der Waals surface area contributed by atoms with Crippen molar-refractivity contribution in [2.75, 3.05) is 51.3 Å². The summed E-state index contributed by atoms with van der Waals surface area (Å²) in [7, 11) is 1.70. The zero-order valence-corrected chi connectivity index (χ0v) is 12.4. The minimum atomic E-state index is -0.473. The lowest BCUT2D eigenvalue weighted by Crippen LogP contribution is -2.47. The van der Waals surface area contributed by atoms with E-state index in [1.165, 1.54) is 10.7 Å². The SMILES string of the molecule is COCCN1CCN(c2ccc3ncc([N+](=O)[O-])n3n2)CC1. The first-order valence-corrected chi connectivity index (χ1v) is 7.14. The molecule has 118 valence electrons. The zero-order valence-electron chi connectivity index (χ0n) is 12.4. The number of anilines is 1. The van der Waals surface area contributed by atoms with Gasteiger partial charge in [0.15, 0.2) is 5.82 Å². The Kier molecular flexibility index (Phi) is 4.16. The maximum absolute atomic E-state index is 11.0. The smallest absolute Gasteiger partial charge is 0.368 e. The topological polar surface area (TPSA) is 89.0 Å². The van der Waals surface area contributed by atoms with Crippen LogP contribution in [-0.2, 0) is 4.74 Å². The Morgan fingerprint density at radius 3 is 2.77 bits per heavy atom. The molecular formula is C13H18N6O3. The van der Waals surface area contributed by atoms with Gasteiger partial charge >= 0.3 is 5.82 Å². The van der Waals surface area contributed by atoms with Crippen molar-refractivity contribution >= 4 is 17.3 Å². The molecule has 1 saturated heterocycles. The average Bonchev–Trinajstić information content (AvgIpc) is 2.96. The van der Waals surface area contributed by atoms with Crippen molar-refractivity contribution in [3.63, 3.8) is 0 Å². The maximum Gasteiger partial charge on any atom is 0.368 e. The number of nitrogens with zero attached hydrogens (tertiary/aromatic N) is 6. The van der Waals surface area contributed by atoms with Gasteiger partial charge in [-0.3, -0.25) is 4.90 Å². The number of hydrogen-bond donors (Lipinski definition) is 0. The molecule has 9 nitrogen and oxygen atoms in total. The van der Waals surface area contributed by atoms with Gasteiger partial charge in [-0.25, -0.2) is 4.98 Å². The minimum absolute atomic E-state index is 0.115. The summed E-state index contributed by atoms with van der Waals surface area (Å²) in [6.07, 6.45) is 1.23. The summed E-state index contributed by atoms with van der Waals surface area (Å²) in [5.41, 5.74) is 0.481. The van der Waals surface area contributed by atoms with Crippen molar-refractivity contribution in [3.8, 4) is 0 Å². The van der Waals surface area contributed by atoms with Gasteiger partial charge in [-0.2, -0.15) is 0 Å². The first kappa shape index (κ1) is 14.7. The van der Waals surface area contributed by atoms with E-state index in [0.717, 1.165) is 45.1 Å². The summed E-state index contributed by atoms with van der Waals surface area (Å²) in [6.45, 7) is 5.18. The fourth-order valence-electron chi connectivity index (χ4n) is 2.57. The lowest BCUT2D eigenvalue weighted by Gasteiger charge is -2.34. The number of nitro groups is 1. The highest BCUT2D eigenvalue weighted by molar-refractivity contribution is 5.49. The normalized spacial score (nSPS) is 16.3. The molecule has 2 aromatic rings. The van der Waals surface area contributed by atoms with Crippen LogP contribution in [-0.4, -0.2) is 70.9 Å². The van der Waals surface area contributed by atoms with Crippen molar-refractivity contribution in [3.05, 3.63) is 28.4 Å². The molecule has 0 aromatic carbocycles. The Balaban J connectivity index is 1.74. The molecule has 0 N–H and O–H groups in total. The third-order valence-corrected chi connectivity index (χ3v) is 3.83. The molecule has 1 fully saturated rings. The first-order chi connectivity index (χ1) is 10.7. The fourth-order valence-corrected chi connectivity index (χ4v) is 2.57. The number of methoxy groups -OCH3 is 1. The maximum atomic E-state index is 11.0. The van der Waals surface area contributed by atoms with Crippen molar-refractivity contribution in [2.45, 2.75) is 0 Å². The molecule has 0 radical (unpaired) electrons. The van der Waals surface area contributed by atoms with Gasteiger partial charge in [0.25, 0.3) is 0 Å². The van der Waals surface area contributed by atoms with Crippen LogP contribution >= 0.6 is 0 Å². The number of fused-ring (bicyclic) bond motifs is 1. The Morgan fingerprint density at radius 1 is 1.32 bits per heavy atom. The van der Waals surface area contributed by atoms with E-state index in [1.54, 1.807) is 13.2 Å². The summed E-state index contributed by atoms with van der Waals surface area (Å²) in [6, 6.07) is 3.61. The Hall–Kier alpha value is -2.26. The summed E-state index contributed by atoms with van der Waals surface area (Å²) in [4.78, 5) is 19.0. The second-order valence-corrected chi connectivity index (χ2v) is 5.16. The number of imidazole rings is 1. The standard InChI is InChI=1S/C13H18N6O3/c1-22-9-8-16-4-6-17(7-5-16)12-3-2-11-14-10-13(19(20)21)18(11)15-12/h2-3,10H,4-9H2,1H3. The van der Waals surface area contributed by atoms with Crippen molar-refractivity contribution in [2.24, 2.45) is 0 Å². The van der Waals surface area contributed by atoms with Gasteiger partial charge in [0.1, 0.15) is 6.20 Å². The van der Waals surface area contributed by atoms with E-state index in [-0.39, 0.29) is 5.82 Å². The highest BCUT2D eigenvalue weighted by Crippen LogP contribution is 2.18. The van der Waals surface area contributed by atoms with Crippen LogP contribution in [0.2, 0.25) is 0 Å². The second-order valence-electron chi connectivity index (χ2n) is 5.16. The molecule has 0 atom stereocenters. The molecule has 0 amide bonds. The first-order valence-electron chi connectivity index (χ1n) is 7.14. The fraction of sp³-hybridized carbons (Fsp3) is 0.538. The predicted molar refractivity (Wildman–Crippen MR) is 80.2 cm³/mol. The van der Waals surface area contributed by atoms with Crippen LogP contribution in [0.4, 0.5) is 11.6 Å². The third-order valence-electron chi connectivity index (χ3n) is 3.83. The predicted octanol–water partition coefficient (Wildman–Crippen LogP) is 0.406. The molecule has 0 unspecified atom stereocenters. The second kappa shape index (κ2) is 6.24. The largest absolute Gasteiger partial charge is 0.383 e. The number of piperazine rings is 1. The molecule has 3 rings (SSSR count). The van der Waals surface area contributed by atoms with E-state index in [0.29, 0.717) is 5.65 Å². The van der Waals surface area contributed by atoms with Crippen LogP contribution in [0, 0.1) is 10.1 Å². The Bertz CT molecular complexity index is 665. The minimum Gasteiger partial charge on any atom is -0.383 e. The van der Waals surface area contributed by atoms with Crippen LogP contribution < -0.4 is 4.90 Å². The highest BCUT2D eigenvalue weighted by atomic mass is 16.6. The van der Waals surface area contributed by atoms with Gasteiger partial charge in [-0.1, -0.05) is 9.61 Å². The van der Waals surface area contributed by atoms with E-state index < -0.39 is 4.92 Å². The zero-order chi connectivity index (χ0) is 15.5.